The van der Waals surface area contributed by atoms with Crippen LogP contribution < -0.4 is 15.4 Å². The van der Waals surface area contributed by atoms with Crippen molar-refractivity contribution in [2.75, 3.05) is 13.1 Å². The van der Waals surface area contributed by atoms with Gasteiger partial charge in [0, 0.05) is 43.2 Å². The van der Waals surface area contributed by atoms with Crippen molar-refractivity contribution in [1.29, 1.82) is 0 Å². The highest BCUT2D eigenvalue weighted by molar-refractivity contribution is 5.98. The Morgan fingerprint density at radius 3 is 2.29 bits per heavy atom. The number of esters is 1. The second kappa shape index (κ2) is 16.2. The van der Waals surface area contributed by atoms with E-state index < -0.39 is 58.8 Å². The minimum Gasteiger partial charge on any atom is -0.460 e. The standard InChI is InChI=1S/C40H51N5O7/c1-39(2,3)29(21-32(46)34(26-14-8-7-9-15-26)44-36(48)30-22-41-19-20-42-30)35(47)43-31-24-45(23-28(31)37(49)52-40(4,5)6)38(50)51-33-18-12-16-25-13-10-11-17-27(25)33/h10-13,16-20,22,26,28-29,31,34H,7-9,14-15,21,23-24H2,1-6H3,(H,43,47)(H,44,48)/t28-,29-,31+,34+/m1/s1. The maximum Gasteiger partial charge on any atom is 0.415 e. The highest BCUT2D eigenvalue weighted by Crippen LogP contribution is 2.34. The molecule has 0 radical (unpaired) electrons. The maximum atomic E-state index is 14.2. The Morgan fingerprint density at radius 2 is 1.62 bits per heavy atom. The van der Waals surface area contributed by atoms with Crippen LogP contribution in [-0.2, 0) is 19.1 Å². The molecule has 2 fully saturated rings. The lowest BCUT2D eigenvalue weighted by atomic mass is 9.74. The summed E-state index contributed by atoms with van der Waals surface area (Å²) < 4.78 is 11.6. The molecule has 1 aliphatic carbocycles. The van der Waals surface area contributed by atoms with Gasteiger partial charge in [-0.2, -0.15) is 0 Å². The molecule has 0 spiro atoms. The molecule has 2 aromatic carbocycles. The molecule has 52 heavy (non-hydrogen) atoms. The third-order valence-corrected chi connectivity index (χ3v) is 9.88. The fraction of sp³-hybridized carbons (Fsp3) is 0.525. The van der Waals surface area contributed by atoms with Crippen molar-refractivity contribution in [3.05, 3.63) is 66.7 Å². The molecule has 0 bridgehead atoms. The highest BCUT2D eigenvalue weighted by atomic mass is 16.6. The molecule has 3 amide bonds. The van der Waals surface area contributed by atoms with E-state index >= 15 is 0 Å². The number of hydrogen-bond acceptors (Lipinski definition) is 9. The van der Waals surface area contributed by atoms with Crippen LogP contribution in [0.5, 0.6) is 5.75 Å². The summed E-state index contributed by atoms with van der Waals surface area (Å²) in [6.45, 7) is 10.9. The molecule has 1 aliphatic heterocycles. The van der Waals surface area contributed by atoms with Crippen LogP contribution in [0.15, 0.2) is 61.1 Å². The molecule has 278 valence electrons. The number of nitrogens with one attached hydrogen (secondary N) is 2. The molecule has 1 saturated carbocycles. The van der Waals surface area contributed by atoms with Crippen molar-refractivity contribution in [1.82, 2.24) is 25.5 Å². The van der Waals surface area contributed by atoms with Gasteiger partial charge in [0.25, 0.3) is 5.91 Å². The van der Waals surface area contributed by atoms with Crippen molar-refractivity contribution in [2.45, 2.75) is 97.8 Å². The minimum atomic E-state index is -0.874. The summed E-state index contributed by atoms with van der Waals surface area (Å²) in [6.07, 6.45) is 8.00. The molecule has 1 saturated heterocycles. The van der Waals surface area contributed by atoms with Crippen LogP contribution in [0.4, 0.5) is 4.79 Å². The Kier molecular flexibility index (Phi) is 12.0. The number of likely N-dealkylation sites (tertiary alicyclic amines) is 1. The molecule has 2 heterocycles. The van der Waals surface area contributed by atoms with Crippen molar-refractivity contribution >= 4 is 40.4 Å². The Balaban J connectivity index is 1.35. The number of nitrogens with zero attached hydrogens (tertiary/aromatic N) is 3. The van der Waals surface area contributed by atoms with Gasteiger partial charge in [-0.05, 0) is 56.4 Å². The SMILES string of the molecule is CC(C)(C)OC(=O)[C@@H]1CN(C(=O)Oc2cccc3ccccc23)C[C@@H]1NC(=O)[C@@H](CC(=O)[C@@H](NC(=O)c1cnccn1)C1CCCCC1)C(C)(C)C. The second-order valence-electron chi connectivity index (χ2n) is 16.0. The Bertz CT molecular complexity index is 1760. The van der Waals surface area contributed by atoms with Gasteiger partial charge >= 0.3 is 12.1 Å². The van der Waals surface area contributed by atoms with Gasteiger partial charge in [0.15, 0.2) is 5.78 Å². The number of rotatable bonds is 10. The first-order chi connectivity index (χ1) is 24.6. The molecule has 5 rings (SSSR count). The molecule has 3 aromatic rings. The van der Waals surface area contributed by atoms with E-state index in [2.05, 4.69) is 20.6 Å². The number of ether oxygens (including phenoxy) is 2. The van der Waals surface area contributed by atoms with Crippen LogP contribution in [0.25, 0.3) is 10.8 Å². The fourth-order valence-corrected chi connectivity index (χ4v) is 7.12. The van der Waals surface area contributed by atoms with Crippen LogP contribution in [0.1, 0.15) is 90.6 Å². The largest absolute Gasteiger partial charge is 0.460 e. The average Bonchev–Trinajstić information content (AvgIpc) is 3.53. The number of hydrogen-bond donors (Lipinski definition) is 2. The van der Waals surface area contributed by atoms with Crippen LogP contribution >= 0.6 is 0 Å². The molecule has 0 unspecified atom stereocenters. The molecule has 12 heteroatoms. The third-order valence-electron chi connectivity index (χ3n) is 9.88. The fourth-order valence-electron chi connectivity index (χ4n) is 7.12. The normalized spacial score (nSPS) is 19.4. The summed E-state index contributed by atoms with van der Waals surface area (Å²) in [5.74, 6) is -3.08. The second-order valence-corrected chi connectivity index (χ2v) is 16.0. The summed E-state index contributed by atoms with van der Waals surface area (Å²) >= 11 is 0. The maximum absolute atomic E-state index is 14.2. The average molecular weight is 714 g/mol. The number of Topliss-reactive ketones (excluding diaryl/α,β-unsaturated/α-hetero) is 1. The zero-order valence-electron chi connectivity index (χ0n) is 31.0. The first-order valence-corrected chi connectivity index (χ1v) is 18.2. The number of ketones is 1. The van der Waals surface area contributed by atoms with E-state index in [4.69, 9.17) is 9.47 Å². The summed E-state index contributed by atoms with van der Waals surface area (Å²) in [5.41, 5.74) is -1.36. The molecule has 1 aromatic heterocycles. The first-order valence-electron chi connectivity index (χ1n) is 18.2. The molecule has 12 nitrogen and oxygen atoms in total. The molecule has 4 atom stereocenters. The monoisotopic (exact) mass is 713 g/mol. The van der Waals surface area contributed by atoms with Crippen LogP contribution in [-0.4, -0.2) is 75.3 Å². The Labute approximate surface area is 305 Å². The summed E-state index contributed by atoms with van der Waals surface area (Å²) in [5, 5.41) is 7.62. The van der Waals surface area contributed by atoms with Gasteiger partial charge in [-0.3, -0.25) is 24.2 Å². The molecule has 2 aliphatic rings. The number of carbonyl (C=O) groups is 5. The molecular weight excluding hydrogens is 662 g/mol. The predicted molar refractivity (Wildman–Crippen MR) is 195 cm³/mol. The smallest absolute Gasteiger partial charge is 0.415 e. The van der Waals surface area contributed by atoms with E-state index in [1.54, 1.807) is 32.9 Å². The van der Waals surface area contributed by atoms with E-state index in [0.717, 1.165) is 42.9 Å². The first kappa shape index (κ1) is 38.4. The molecule has 2 N–H and O–H groups in total. The van der Waals surface area contributed by atoms with Crippen LogP contribution in [0.2, 0.25) is 0 Å². The van der Waals surface area contributed by atoms with E-state index in [-0.39, 0.29) is 36.9 Å². The van der Waals surface area contributed by atoms with E-state index in [9.17, 15) is 24.0 Å². The lowest BCUT2D eigenvalue weighted by Gasteiger charge is -2.34. The lowest BCUT2D eigenvalue weighted by Crippen LogP contribution is -2.51. The van der Waals surface area contributed by atoms with Gasteiger partial charge in [0.1, 0.15) is 17.0 Å². The van der Waals surface area contributed by atoms with Crippen molar-refractivity contribution in [3.8, 4) is 5.75 Å². The predicted octanol–water partition coefficient (Wildman–Crippen LogP) is 5.89. The Morgan fingerprint density at radius 1 is 0.904 bits per heavy atom. The van der Waals surface area contributed by atoms with Crippen molar-refractivity contribution in [3.63, 3.8) is 0 Å². The lowest BCUT2D eigenvalue weighted by molar-refractivity contribution is -0.160. The van der Waals surface area contributed by atoms with E-state index in [1.807, 2.05) is 51.1 Å². The van der Waals surface area contributed by atoms with Gasteiger partial charge in [0.05, 0.1) is 24.2 Å². The number of aromatic nitrogens is 2. The van der Waals surface area contributed by atoms with Gasteiger partial charge < -0.3 is 25.0 Å². The van der Waals surface area contributed by atoms with Gasteiger partial charge in [-0.15, -0.1) is 0 Å². The number of carbonyl (C=O) groups excluding carboxylic acids is 5. The highest BCUT2D eigenvalue weighted by Gasteiger charge is 2.45. The minimum absolute atomic E-state index is 0.00290. The Hall–Kier alpha value is -4.87. The van der Waals surface area contributed by atoms with Gasteiger partial charge in [-0.25, -0.2) is 9.78 Å². The third kappa shape index (κ3) is 9.71. The van der Waals surface area contributed by atoms with Crippen LogP contribution in [0.3, 0.4) is 0 Å². The van der Waals surface area contributed by atoms with E-state index in [0.29, 0.717) is 5.75 Å². The summed E-state index contributed by atoms with van der Waals surface area (Å²) in [6, 6.07) is 11.4. The van der Waals surface area contributed by atoms with Crippen molar-refractivity contribution in [2.24, 2.45) is 23.2 Å². The van der Waals surface area contributed by atoms with Crippen molar-refractivity contribution < 1.29 is 33.4 Å². The number of benzene rings is 2. The van der Waals surface area contributed by atoms with E-state index in [1.165, 1.54) is 23.5 Å². The van der Waals surface area contributed by atoms with Gasteiger partial charge in [-0.1, -0.05) is 76.4 Å². The topological polar surface area (TPSA) is 157 Å². The number of amides is 3. The zero-order valence-corrected chi connectivity index (χ0v) is 31.0. The zero-order chi connectivity index (χ0) is 37.6. The summed E-state index contributed by atoms with van der Waals surface area (Å²) in [7, 11) is 0. The van der Waals surface area contributed by atoms with Crippen LogP contribution in [0, 0.1) is 23.2 Å². The van der Waals surface area contributed by atoms with Gasteiger partial charge in [0.2, 0.25) is 5.91 Å². The quantitative estimate of drug-likeness (QED) is 0.245. The molecular formula is C40H51N5O7. The number of fused-ring (bicyclic) bond motifs is 1. The summed E-state index contributed by atoms with van der Waals surface area (Å²) in [4.78, 5) is 78.1.